The number of nitrogens with two attached hydrogens (primary N) is 2. The molecule has 1 aliphatic rings. The van der Waals surface area contributed by atoms with Crippen molar-refractivity contribution in [2.24, 2.45) is 11.5 Å². The fourth-order valence-corrected chi connectivity index (χ4v) is 1.18. The fourth-order valence-electron chi connectivity index (χ4n) is 1.18. The molecule has 1 saturated carbocycles. The quantitative estimate of drug-likeness (QED) is 0.546. The fraction of sp³-hybridized carbons (Fsp3) is 0.857. The van der Waals surface area contributed by atoms with Gasteiger partial charge in [-0.15, -0.1) is 0 Å². The first-order valence-corrected chi connectivity index (χ1v) is 3.77. The number of carbonyl (C=O) groups is 1. The van der Waals surface area contributed by atoms with Crippen LogP contribution in [-0.2, 0) is 4.79 Å². The van der Waals surface area contributed by atoms with E-state index in [2.05, 4.69) is 0 Å². The minimum Gasteiger partial charge on any atom is -0.480 e. The lowest BCUT2D eigenvalue weighted by Crippen LogP contribution is -2.63. The minimum atomic E-state index is -1.58. The van der Waals surface area contributed by atoms with Crippen molar-refractivity contribution in [3.05, 3.63) is 0 Å². The largest absolute Gasteiger partial charge is 0.480 e. The Bertz CT molecular complexity index is 213. The zero-order valence-electron chi connectivity index (χ0n) is 6.88. The molecule has 0 radical (unpaired) electrons. The molecule has 0 amide bonds. The molecule has 1 fully saturated rings. The Kier molecular flexibility index (Phi) is 1.88. The maximum absolute atomic E-state index is 13.4. The van der Waals surface area contributed by atoms with E-state index >= 15 is 0 Å². The average Bonchev–Trinajstić information content (AvgIpc) is 2.67. The number of halogens is 1. The topological polar surface area (TPSA) is 89.3 Å². The summed E-state index contributed by atoms with van der Waals surface area (Å²) < 4.78 is 13.4. The lowest BCUT2D eigenvalue weighted by atomic mass is 9.87. The second-order valence-corrected chi connectivity index (χ2v) is 3.56. The maximum Gasteiger partial charge on any atom is 0.322 e. The number of aliphatic carboxylic acids is 1. The van der Waals surface area contributed by atoms with Crippen LogP contribution in [0.1, 0.15) is 19.8 Å². The van der Waals surface area contributed by atoms with E-state index in [1.807, 2.05) is 0 Å². The first-order chi connectivity index (χ1) is 5.31. The summed E-state index contributed by atoms with van der Waals surface area (Å²) in [5.74, 6) is -1.26. The van der Waals surface area contributed by atoms with Crippen molar-refractivity contribution < 1.29 is 14.3 Å². The third-order valence-corrected chi connectivity index (χ3v) is 2.57. The molecule has 2 unspecified atom stereocenters. The molecule has 5 N–H and O–H groups in total. The van der Waals surface area contributed by atoms with Gasteiger partial charge in [0.15, 0.2) is 0 Å². The molecule has 0 bridgehead atoms. The Balaban J connectivity index is 2.77. The number of alkyl halides is 1. The molecule has 0 spiro atoms. The predicted octanol–water partition coefficient (Wildman–Crippen LogP) is -0.382. The zero-order valence-corrected chi connectivity index (χ0v) is 6.88. The van der Waals surface area contributed by atoms with Crippen LogP contribution in [0.2, 0.25) is 0 Å². The summed E-state index contributed by atoms with van der Waals surface area (Å²) in [6, 6.07) is -1.34. The number of carboxylic acid groups (broad SMARTS) is 1. The van der Waals surface area contributed by atoms with Gasteiger partial charge in [0, 0.05) is 0 Å². The van der Waals surface area contributed by atoms with Gasteiger partial charge in [0.2, 0.25) is 0 Å². The Morgan fingerprint density at radius 1 is 1.75 bits per heavy atom. The summed E-state index contributed by atoms with van der Waals surface area (Å²) in [4.78, 5) is 10.4. The van der Waals surface area contributed by atoms with Gasteiger partial charge in [0.1, 0.15) is 11.7 Å². The van der Waals surface area contributed by atoms with Gasteiger partial charge in [-0.1, -0.05) is 0 Å². The van der Waals surface area contributed by atoms with E-state index in [9.17, 15) is 9.18 Å². The van der Waals surface area contributed by atoms with Crippen molar-refractivity contribution in [3.8, 4) is 0 Å². The minimum absolute atomic E-state index is 0.307. The molecule has 0 aromatic heterocycles. The summed E-state index contributed by atoms with van der Waals surface area (Å²) >= 11 is 0. The van der Waals surface area contributed by atoms with Crippen LogP contribution < -0.4 is 11.5 Å². The lowest BCUT2D eigenvalue weighted by Gasteiger charge is -2.32. The molecule has 0 aromatic carbocycles. The molecule has 70 valence electrons. The van der Waals surface area contributed by atoms with Crippen LogP contribution in [0.4, 0.5) is 4.39 Å². The Hall–Kier alpha value is -0.680. The third-order valence-electron chi connectivity index (χ3n) is 2.57. The van der Waals surface area contributed by atoms with Crippen LogP contribution in [0.5, 0.6) is 0 Å². The highest BCUT2D eigenvalue weighted by Crippen LogP contribution is 2.48. The van der Waals surface area contributed by atoms with Gasteiger partial charge >= 0.3 is 5.97 Å². The van der Waals surface area contributed by atoms with Crippen LogP contribution in [0.3, 0.4) is 0 Å². The molecule has 1 rings (SSSR count). The van der Waals surface area contributed by atoms with Gasteiger partial charge in [-0.3, -0.25) is 4.79 Å². The third kappa shape index (κ3) is 1.19. The molecule has 12 heavy (non-hydrogen) atoms. The van der Waals surface area contributed by atoms with Gasteiger partial charge < -0.3 is 16.6 Å². The molecule has 0 aliphatic heterocycles. The highest BCUT2D eigenvalue weighted by atomic mass is 19.1. The molecule has 4 nitrogen and oxygen atoms in total. The van der Waals surface area contributed by atoms with E-state index in [0.717, 1.165) is 0 Å². The van der Waals surface area contributed by atoms with Crippen molar-refractivity contribution in [1.29, 1.82) is 0 Å². The monoisotopic (exact) mass is 176 g/mol. The van der Waals surface area contributed by atoms with E-state index in [0.29, 0.717) is 12.8 Å². The van der Waals surface area contributed by atoms with Crippen molar-refractivity contribution in [2.75, 3.05) is 0 Å². The van der Waals surface area contributed by atoms with E-state index in [-0.39, 0.29) is 0 Å². The number of hydrogen-bond acceptors (Lipinski definition) is 3. The number of rotatable bonds is 3. The molecular formula is C7H13FN2O2. The Labute approximate surface area is 69.7 Å². The van der Waals surface area contributed by atoms with E-state index in [1.165, 1.54) is 6.92 Å². The molecular weight excluding hydrogens is 163 g/mol. The van der Waals surface area contributed by atoms with E-state index < -0.39 is 23.2 Å². The van der Waals surface area contributed by atoms with Crippen LogP contribution >= 0.6 is 0 Å². The van der Waals surface area contributed by atoms with Gasteiger partial charge in [0.25, 0.3) is 0 Å². The summed E-state index contributed by atoms with van der Waals surface area (Å²) in [7, 11) is 0. The van der Waals surface area contributed by atoms with E-state index in [1.54, 1.807) is 0 Å². The Morgan fingerprint density at radius 2 is 2.17 bits per heavy atom. The summed E-state index contributed by atoms with van der Waals surface area (Å²) in [6.45, 7) is 1.35. The summed E-state index contributed by atoms with van der Waals surface area (Å²) in [6.07, 6.45) is 0.613. The van der Waals surface area contributed by atoms with Crippen molar-refractivity contribution in [2.45, 2.75) is 37.0 Å². The normalized spacial score (nSPS) is 27.3. The first-order valence-electron chi connectivity index (χ1n) is 3.77. The second kappa shape index (κ2) is 2.40. The van der Waals surface area contributed by atoms with Gasteiger partial charge in [0.05, 0.1) is 5.54 Å². The number of carboxylic acids is 1. The Morgan fingerprint density at radius 3 is 2.42 bits per heavy atom. The van der Waals surface area contributed by atoms with Crippen LogP contribution in [0.15, 0.2) is 0 Å². The predicted molar refractivity (Wildman–Crippen MR) is 41.3 cm³/mol. The first kappa shape index (κ1) is 9.41. The van der Waals surface area contributed by atoms with Gasteiger partial charge in [-0.25, -0.2) is 4.39 Å². The highest BCUT2D eigenvalue weighted by molar-refractivity contribution is 5.75. The zero-order chi connectivity index (χ0) is 9.57. The SMILES string of the molecule is CC(N)(C(N)C(=O)O)C1(F)CC1. The van der Waals surface area contributed by atoms with Gasteiger partial charge in [-0.05, 0) is 19.8 Å². The molecule has 1 aliphatic carbocycles. The summed E-state index contributed by atoms with van der Waals surface area (Å²) in [5, 5.41) is 8.54. The van der Waals surface area contributed by atoms with Crippen molar-refractivity contribution in [1.82, 2.24) is 0 Å². The molecule has 0 heterocycles. The summed E-state index contributed by atoms with van der Waals surface area (Å²) in [5.41, 5.74) is 7.74. The molecule has 5 heteroatoms. The molecule has 0 saturated heterocycles. The van der Waals surface area contributed by atoms with Gasteiger partial charge in [-0.2, -0.15) is 0 Å². The average molecular weight is 176 g/mol. The van der Waals surface area contributed by atoms with E-state index in [4.69, 9.17) is 16.6 Å². The standard InChI is InChI=1S/C7H13FN2O2/c1-6(10,4(9)5(11)12)7(8)2-3-7/h4H,2-3,9-10H2,1H3,(H,11,12). The van der Waals surface area contributed by atoms with Crippen LogP contribution in [0.25, 0.3) is 0 Å². The lowest BCUT2D eigenvalue weighted by molar-refractivity contribution is -0.141. The smallest absolute Gasteiger partial charge is 0.322 e. The van der Waals surface area contributed by atoms with Crippen LogP contribution in [-0.4, -0.2) is 28.3 Å². The maximum atomic E-state index is 13.4. The van der Waals surface area contributed by atoms with Crippen molar-refractivity contribution >= 4 is 5.97 Å². The molecule has 2 atom stereocenters. The second-order valence-electron chi connectivity index (χ2n) is 3.56. The highest BCUT2D eigenvalue weighted by Gasteiger charge is 2.60. The van der Waals surface area contributed by atoms with Crippen molar-refractivity contribution in [3.63, 3.8) is 0 Å². The number of hydrogen-bond donors (Lipinski definition) is 3. The molecule has 0 aromatic rings. The van der Waals surface area contributed by atoms with Crippen LogP contribution in [0, 0.1) is 0 Å².